The molecule has 292 valence electrons. The number of hydrogen-bond acceptors (Lipinski definition) is 4. The van der Waals surface area contributed by atoms with E-state index < -0.39 is 24.0 Å². The van der Waals surface area contributed by atoms with Crippen molar-refractivity contribution >= 4 is 17.6 Å². The van der Waals surface area contributed by atoms with Gasteiger partial charge in [-0.15, -0.1) is 6.58 Å². The summed E-state index contributed by atoms with van der Waals surface area (Å²) in [6, 6.07) is -0.396. The molecule has 0 aliphatic carbocycles. The molecule has 0 fully saturated rings. The van der Waals surface area contributed by atoms with Gasteiger partial charge in [-0.3, -0.25) is 9.18 Å². The molecular weight excluding hydrogens is 659 g/mol. The Labute approximate surface area is 311 Å². The third-order valence-electron chi connectivity index (χ3n) is 6.49. The molecule has 0 saturated carbocycles. The highest BCUT2D eigenvalue weighted by Crippen LogP contribution is 2.30. The maximum atomic E-state index is 13.6. The molecule has 4 atom stereocenters. The lowest BCUT2D eigenvalue weighted by molar-refractivity contribution is -0.158. The minimum atomic E-state index is -2.63. The van der Waals surface area contributed by atoms with Gasteiger partial charge >= 0.3 is 5.97 Å². The van der Waals surface area contributed by atoms with Gasteiger partial charge in [0.15, 0.2) is 0 Å². The zero-order valence-corrected chi connectivity index (χ0v) is 34.9. The molecule has 0 amide bonds. The zero-order chi connectivity index (χ0) is 40.5. The van der Waals surface area contributed by atoms with E-state index in [4.69, 9.17) is 21.1 Å². The van der Waals surface area contributed by atoms with Gasteiger partial charge in [0.25, 0.3) is 6.43 Å². The fourth-order valence-corrected chi connectivity index (χ4v) is 4.04. The smallest absolute Gasteiger partial charge is 0.313 e. The summed E-state index contributed by atoms with van der Waals surface area (Å²) in [5.74, 6) is -0.211. The van der Waals surface area contributed by atoms with Crippen molar-refractivity contribution in [3.05, 3.63) is 96.0 Å². The second kappa shape index (κ2) is 35.9. The summed E-state index contributed by atoms with van der Waals surface area (Å²) in [5.41, 5.74) is 1.20. The zero-order valence-electron chi connectivity index (χ0n) is 34.2. The first-order valence-electron chi connectivity index (χ1n) is 17.7. The van der Waals surface area contributed by atoms with Crippen LogP contribution in [-0.2, 0) is 14.3 Å². The Morgan fingerprint density at radius 3 is 1.96 bits per heavy atom. The molecule has 1 heterocycles. The van der Waals surface area contributed by atoms with Crippen LogP contribution >= 0.6 is 11.6 Å². The fourth-order valence-electron chi connectivity index (χ4n) is 4.04. The predicted octanol–water partition coefficient (Wildman–Crippen LogP) is 13.8. The fraction of sp³-hybridized carbons (Fsp3) is 0.595. The maximum absolute atomic E-state index is 13.6. The molecule has 0 aromatic carbocycles. The number of allylic oxidation sites excluding steroid dienone is 8. The van der Waals surface area contributed by atoms with Crippen molar-refractivity contribution in [3.63, 3.8) is 0 Å². The molecule has 0 radical (unpaired) electrons. The highest BCUT2D eigenvalue weighted by atomic mass is 35.5. The Morgan fingerprint density at radius 1 is 1.08 bits per heavy atom. The molecular formula is C42H73ClF3NO3. The number of ether oxygens (including phenoxy) is 2. The Morgan fingerprint density at radius 2 is 1.58 bits per heavy atom. The summed E-state index contributed by atoms with van der Waals surface area (Å²) < 4.78 is 48.5. The summed E-state index contributed by atoms with van der Waals surface area (Å²) in [7, 11) is 0.500. The van der Waals surface area contributed by atoms with E-state index in [2.05, 4.69) is 38.1 Å². The number of halogens is 4. The predicted molar refractivity (Wildman–Crippen MR) is 215 cm³/mol. The largest absolute Gasteiger partial charge is 0.490 e. The SMILES string of the molecule is C/C=C\C.C=C(C)Cl.C=C/C=C\C1NC(C(F)F)=CC(OC(C)C(CCCC)/C(C)=C/CC(C=C)C(=O)OC(C)(C)C)=C1C.CC.CC.CF. The van der Waals surface area contributed by atoms with Crippen LogP contribution < -0.4 is 5.32 Å². The van der Waals surface area contributed by atoms with Crippen LogP contribution in [0.5, 0.6) is 0 Å². The standard InChI is InChI=1S/C30H45F2NO3.C4H8.C3H5Cl.2C2H6.CH3F/c1-10-13-15-24(20(4)17-18-23(12-3)29(34)36-30(7,8)9)22(6)35-27-19-26(28(31)32)33-25(21(27)5)16-14-11-2;1-3-4-2;1-3(2)4;3*1-2/h11-12,14,16-17,19,22-25,28,33H,2-3,10,13,15,18H2,1,4-9H3;3-4H,1-2H3;1H2,2H3;2*1-2H3;1H3/b16-14-,20-17+;4-3-;;;;. The normalized spacial score (nSPS) is 15.6. The topological polar surface area (TPSA) is 47.6 Å². The van der Waals surface area contributed by atoms with Crippen LogP contribution in [-0.4, -0.2) is 37.3 Å². The van der Waals surface area contributed by atoms with Crippen LogP contribution in [0.2, 0.25) is 0 Å². The van der Waals surface area contributed by atoms with Crippen molar-refractivity contribution in [3.8, 4) is 0 Å². The van der Waals surface area contributed by atoms with E-state index in [9.17, 15) is 18.0 Å². The van der Waals surface area contributed by atoms with Crippen molar-refractivity contribution < 1.29 is 27.4 Å². The number of alkyl halides is 3. The second-order valence-corrected chi connectivity index (χ2v) is 12.3. The van der Waals surface area contributed by atoms with Gasteiger partial charge in [0.05, 0.1) is 24.8 Å². The molecule has 50 heavy (non-hydrogen) atoms. The molecule has 1 aliphatic heterocycles. The molecule has 0 aromatic heterocycles. The summed E-state index contributed by atoms with van der Waals surface area (Å²) in [6.45, 7) is 38.1. The quantitative estimate of drug-likeness (QED) is 0.110. The highest BCUT2D eigenvalue weighted by Gasteiger charge is 2.28. The minimum Gasteiger partial charge on any atom is -0.490 e. The lowest BCUT2D eigenvalue weighted by atomic mass is 9.88. The number of nitrogens with one attached hydrogen (secondary N) is 1. The number of carbonyl (C=O) groups is 1. The Kier molecular flexibility index (Phi) is 40.5. The van der Waals surface area contributed by atoms with Crippen LogP contribution in [0.15, 0.2) is 96.0 Å². The number of esters is 1. The minimum absolute atomic E-state index is 0.0646. The van der Waals surface area contributed by atoms with Crippen molar-refractivity contribution in [1.29, 1.82) is 0 Å². The molecule has 1 rings (SSSR count). The average Bonchev–Trinajstić information content (AvgIpc) is 3.07. The van der Waals surface area contributed by atoms with Crippen molar-refractivity contribution in [2.75, 3.05) is 7.18 Å². The summed E-state index contributed by atoms with van der Waals surface area (Å²) >= 11 is 5.08. The molecule has 0 bridgehead atoms. The van der Waals surface area contributed by atoms with Crippen molar-refractivity contribution in [2.24, 2.45) is 11.8 Å². The molecule has 0 aromatic rings. The van der Waals surface area contributed by atoms with E-state index in [1.807, 2.05) is 95.2 Å². The van der Waals surface area contributed by atoms with E-state index in [0.29, 0.717) is 24.4 Å². The van der Waals surface area contributed by atoms with Crippen molar-refractivity contribution in [2.45, 2.75) is 147 Å². The molecule has 4 unspecified atom stereocenters. The van der Waals surface area contributed by atoms with E-state index in [0.717, 1.165) is 30.4 Å². The van der Waals surface area contributed by atoms with Crippen LogP contribution in [0.3, 0.4) is 0 Å². The Bertz CT molecular complexity index is 1040. The Hall–Kier alpha value is -2.93. The van der Waals surface area contributed by atoms with Gasteiger partial charge in [-0.05, 0) is 80.7 Å². The number of carbonyl (C=O) groups excluding carboxylic acids is 1. The van der Waals surface area contributed by atoms with Gasteiger partial charge in [-0.1, -0.05) is 120 Å². The van der Waals surface area contributed by atoms with E-state index in [-0.39, 0.29) is 23.7 Å². The van der Waals surface area contributed by atoms with Gasteiger partial charge in [0, 0.05) is 17.0 Å². The molecule has 1 N–H and O–H groups in total. The third kappa shape index (κ3) is 29.9. The summed E-state index contributed by atoms with van der Waals surface area (Å²) in [6.07, 6.45) is 14.7. The average molecular weight is 732 g/mol. The molecule has 4 nitrogen and oxygen atoms in total. The first-order chi connectivity index (χ1) is 23.5. The first-order valence-corrected chi connectivity index (χ1v) is 18.1. The van der Waals surface area contributed by atoms with Crippen LogP contribution in [0.4, 0.5) is 13.2 Å². The summed E-state index contributed by atoms with van der Waals surface area (Å²) in [5, 5.41) is 3.51. The Balaban J connectivity index is -0.000000415. The van der Waals surface area contributed by atoms with E-state index in [1.165, 1.54) is 6.08 Å². The van der Waals surface area contributed by atoms with Gasteiger partial charge < -0.3 is 14.8 Å². The lowest BCUT2D eigenvalue weighted by Crippen LogP contribution is -2.35. The number of unbranched alkanes of at least 4 members (excludes halogenated alkanes) is 1. The lowest BCUT2D eigenvalue weighted by Gasteiger charge is -2.31. The molecule has 0 spiro atoms. The number of rotatable bonds is 14. The first kappa shape index (κ1) is 56.4. The second-order valence-electron chi connectivity index (χ2n) is 11.7. The van der Waals surface area contributed by atoms with Gasteiger partial charge in [0.2, 0.25) is 0 Å². The van der Waals surface area contributed by atoms with Crippen LogP contribution in [0.1, 0.15) is 123 Å². The molecule has 1 aliphatic rings. The monoisotopic (exact) mass is 732 g/mol. The van der Waals surface area contributed by atoms with Crippen molar-refractivity contribution in [1.82, 2.24) is 5.32 Å². The number of hydrogen-bond donors (Lipinski definition) is 1. The van der Waals surface area contributed by atoms with E-state index >= 15 is 0 Å². The van der Waals surface area contributed by atoms with Gasteiger partial charge in [-0.25, -0.2) is 8.78 Å². The molecule has 0 saturated heterocycles. The van der Waals surface area contributed by atoms with E-state index in [1.54, 1.807) is 31.2 Å². The number of dihydropyridines is 1. The van der Waals surface area contributed by atoms with Gasteiger partial charge in [-0.2, -0.15) is 0 Å². The third-order valence-corrected chi connectivity index (χ3v) is 6.49. The van der Waals surface area contributed by atoms with Crippen LogP contribution in [0.25, 0.3) is 0 Å². The summed E-state index contributed by atoms with van der Waals surface area (Å²) in [4.78, 5) is 12.5. The highest BCUT2D eigenvalue weighted by molar-refractivity contribution is 6.28. The molecule has 8 heteroatoms. The maximum Gasteiger partial charge on any atom is 0.313 e. The van der Waals surface area contributed by atoms with Crippen LogP contribution in [0, 0.1) is 11.8 Å². The van der Waals surface area contributed by atoms with Gasteiger partial charge in [0.1, 0.15) is 17.5 Å².